The average Bonchev–Trinajstić information content (AvgIpc) is 3.24. The van der Waals surface area contributed by atoms with E-state index in [2.05, 4.69) is 31.3 Å². The summed E-state index contributed by atoms with van der Waals surface area (Å²) in [6.45, 7) is 1.92. The van der Waals surface area contributed by atoms with Crippen molar-refractivity contribution >= 4 is 17.2 Å². The highest BCUT2D eigenvalue weighted by Gasteiger charge is 2.14. The number of para-hydroxylation sites is 1. The Morgan fingerprint density at radius 1 is 1.19 bits per heavy atom. The zero-order chi connectivity index (χ0) is 19.1. The van der Waals surface area contributed by atoms with E-state index in [0.29, 0.717) is 11.3 Å². The van der Waals surface area contributed by atoms with Gasteiger partial charge in [-0.3, -0.25) is 4.79 Å². The first-order chi connectivity index (χ1) is 13.2. The van der Waals surface area contributed by atoms with E-state index in [9.17, 15) is 10.1 Å². The summed E-state index contributed by atoms with van der Waals surface area (Å²) in [6, 6.07) is 18.6. The molecule has 1 heterocycles. The van der Waals surface area contributed by atoms with Crippen LogP contribution in [-0.2, 0) is 0 Å². The van der Waals surface area contributed by atoms with Gasteiger partial charge in [0.1, 0.15) is 11.6 Å². The minimum Gasteiger partial charge on any atom is -0.360 e. The van der Waals surface area contributed by atoms with Gasteiger partial charge in [-0.1, -0.05) is 42.5 Å². The van der Waals surface area contributed by atoms with Crippen LogP contribution in [0.4, 0.5) is 5.69 Å². The van der Waals surface area contributed by atoms with E-state index in [1.165, 1.54) is 6.20 Å². The van der Waals surface area contributed by atoms with Crippen molar-refractivity contribution in [1.29, 1.82) is 5.26 Å². The van der Waals surface area contributed by atoms with Crippen molar-refractivity contribution in [3.8, 4) is 6.07 Å². The van der Waals surface area contributed by atoms with Crippen molar-refractivity contribution in [3.63, 3.8) is 0 Å². The highest BCUT2D eigenvalue weighted by molar-refractivity contribution is 6.00. The topological polar surface area (TPSA) is 119 Å². The molecule has 0 aliphatic heterocycles. The third kappa shape index (κ3) is 4.35. The number of tetrazole rings is 1. The minimum atomic E-state index is -0.221. The Morgan fingerprint density at radius 3 is 2.63 bits per heavy atom. The number of hydrogen-bond donors (Lipinski definition) is 3. The Kier molecular flexibility index (Phi) is 5.54. The molecule has 2 aromatic carbocycles. The Labute approximate surface area is 155 Å². The number of amides is 1. The van der Waals surface area contributed by atoms with Crippen molar-refractivity contribution in [2.45, 2.75) is 13.0 Å². The zero-order valence-corrected chi connectivity index (χ0v) is 14.5. The highest BCUT2D eigenvalue weighted by atomic mass is 16.1. The van der Waals surface area contributed by atoms with Gasteiger partial charge < -0.3 is 10.6 Å². The molecule has 3 N–H and O–H groups in total. The fraction of sp³-hybridized carbons (Fsp3) is 0.105. The lowest BCUT2D eigenvalue weighted by Crippen LogP contribution is -2.27. The van der Waals surface area contributed by atoms with Crippen LogP contribution >= 0.6 is 0 Å². The first kappa shape index (κ1) is 17.8. The maximum atomic E-state index is 12.7. The molecule has 0 aliphatic rings. The molecule has 0 bridgehead atoms. The molecule has 1 amide bonds. The fourth-order valence-electron chi connectivity index (χ4n) is 2.48. The average molecular weight is 359 g/mol. The van der Waals surface area contributed by atoms with Crippen LogP contribution in [0.1, 0.15) is 34.7 Å². The third-order valence-electron chi connectivity index (χ3n) is 3.90. The quantitative estimate of drug-likeness (QED) is 0.582. The molecule has 0 fully saturated rings. The van der Waals surface area contributed by atoms with Crippen LogP contribution in [0.2, 0.25) is 0 Å². The molecule has 8 heteroatoms. The first-order valence-corrected chi connectivity index (χ1v) is 8.24. The SMILES string of the molecule is CC(NC(=O)c1ccccc1NC=C(C#N)c1nn[nH]n1)c1ccccc1. The van der Waals surface area contributed by atoms with Gasteiger partial charge in [0.25, 0.3) is 5.91 Å². The highest BCUT2D eigenvalue weighted by Crippen LogP contribution is 2.19. The largest absolute Gasteiger partial charge is 0.360 e. The summed E-state index contributed by atoms with van der Waals surface area (Å²) in [7, 11) is 0. The predicted octanol–water partition coefficient (Wildman–Crippen LogP) is 2.67. The van der Waals surface area contributed by atoms with Crippen LogP contribution in [0.25, 0.3) is 5.57 Å². The number of anilines is 1. The molecule has 1 aromatic heterocycles. The molecule has 0 saturated heterocycles. The Balaban J connectivity index is 1.77. The predicted molar refractivity (Wildman–Crippen MR) is 100 cm³/mol. The van der Waals surface area contributed by atoms with Crippen molar-refractivity contribution in [3.05, 3.63) is 77.7 Å². The normalized spacial score (nSPS) is 12.1. The summed E-state index contributed by atoms with van der Waals surface area (Å²) < 4.78 is 0. The standard InChI is InChI=1S/C19H17N7O/c1-13(14-7-3-2-4-8-14)22-19(27)16-9-5-6-10-17(16)21-12-15(11-20)18-23-25-26-24-18/h2-10,12-13,21H,1H3,(H,22,27)(H,23,24,25,26). The fourth-order valence-corrected chi connectivity index (χ4v) is 2.48. The van der Waals surface area contributed by atoms with Crippen molar-refractivity contribution < 1.29 is 4.79 Å². The number of carbonyl (C=O) groups is 1. The van der Waals surface area contributed by atoms with Gasteiger partial charge in [0.05, 0.1) is 17.3 Å². The summed E-state index contributed by atoms with van der Waals surface area (Å²) in [4.78, 5) is 12.7. The van der Waals surface area contributed by atoms with Crippen molar-refractivity contribution in [2.75, 3.05) is 5.32 Å². The van der Waals surface area contributed by atoms with Gasteiger partial charge in [-0.25, -0.2) is 0 Å². The van der Waals surface area contributed by atoms with Gasteiger partial charge in [-0.15, -0.1) is 10.2 Å². The molecular formula is C19H17N7O. The van der Waals surface area contributed by atoms with Crippen LogP contribution in [-0.4, -0.2) is 26.5 Å². The number of nitriles is 1. The second kappa shape index (κ2) is 8.40. The molecule has 3 rings (SSSR count). The summed E-state index contributed by atoms with van der Waals surface area (Å²) >= 11 is 0. The van der Waals surface area contributed by atoms with Gasteiger partial charge >= 0.3 is 0 Å². The van der Waals surface area contributed by atoms with Crippen molar-refractivity contribution in [2.24, 2.45) is 0 Å². The van der Waals surface area contributed by atoms with E-state index in [0.717, 1.165) is 5.56 Å². The number of aromatic amines is 1. The number of hydrogen-bond acceptors (Lipinski definition) is 6. The Bertz CT molecular complexity index is 975. The molecule has 3 aromatic rings. The molecule has 27 heavy (non-hydrogen) atoms. The van der Waals surface area contributed by atoms with E-state index in [4.69, 9.17) is 0 Å². The zero-order valence-electron chi connectivity index (χ0n) is 14.5. The molecule has 1 unspecified atom stereocenters. The van der Waals surface area contributed by atoms with Crippen LogP contribution < -0.4 is 10.6 Å². The number of rotatable bonds is 6. The second-order valence-corrected chi connectivity index (χ2v) is 5.70. The first-order valence-electron chi connectivity index (χ1n) is 8.24. The Hall–Kier alpha value is -3.99. The lowest BCUT2D eigenvalue weighted by Gasteiger charge is -2.16. The smallest absolute Gasteiger partial charge is 0.253 e. The Morgan fingerprint density at radius 2 is 1.93 bits per heavy atom. The molecular weight excluding hydrogens is 342 g/mol. The molecule has 1 atom stereocenters. The number of aromatic nitrogens is 4. The maximum absolute atomic E-state index is 12.7. The molecule has 8 nitrogen and oxygen atoms in total. The van der Waals surface area contributed by atoms with E-state index < -0.39 is 0 Å². The molecule has 0 spiro atoms. The van der Waals surface area contributed by atoms with Crippen LogP contribution in [0, 0.1) is 11.3 Å². The van der Waals surface area contributed by atoms with Crippen LogP contribution in [0.3, 0.4) is 0 Å². The van der Waals surface area contributed by atoms with Gasteiger partial charge in [0, 0.05) is 6.20 Å². The summed E-state index contributed by atoms with van der Waals surface area (Å²) in [6.07, 6.45) is 1.44. The van der Waals surface area contributed by atoms with E-state index in [-0.39, 0.29) is 23.3 Å². The minimum absolute atomic E-state index is 0.142. The number of nitrogens with one attached hydrogen (secondary N) is 3. The summed E-state index contributed by atoms with van der Waals surface area (Å²) in [5.41, 5.74) is 2.23. The maximum Gasteiger partial charge on any atom is 0.253 e. The van der Waals surface area contributed by atoms with E-state index in [1.807, 2.05) is 43.3 Å². The van der Waals surface area contributed by atoms with E-state index in [1.54, 1.807) is 24.3 Å². The monoisotopic (exact) mass is 359 g/mol. The molecule has 134 valence electrons. The number of carbonyl (C=O) groups excluding carboxylic acids is 1. The number of H-pyrrole nitrogens is 1. The molecule has 0 aliphatic carbocycles. The van der Waals surface area contributed by atoms with Gasteiger partial charge in [-0.2, -0.15) is 10.5 Å². The number of allylic oxidation sites excluding steroid dienone is 1. The van der Waals surface area contributed by atoms with Crippen LogP contribution in [0.15, 0.2) is 60.8 Å². The van der Waals surface area contributed by atoms with E-state index >= 15 is 0 Å². The van der Waals surface area contributed by atoms with Crippen molar-refractivity contribution in [1.82, 2.24) is 25.9 Å². The van der Waals surface area contributed by atoms with Gasteiger partial charge in [0.15, 0.2) is 0 Å². The lowest BCUT2D eigenvalue weighted by atomic mass is 10.1. The van der Waals surface area contributed by atoms with Crippen LogP contribution in [0.5, 0.6) is 0 Å². The molecule has 0 saturated carbocycles. The summed E-state index contributed by atoms with van der Waals surface area (Å²) in [5, 5.41) is 28.5. The number of benzene rings is 2. The van der Waals surface area contributed by atoms with Gasteiger partial charge in [0.2, 0.25) is 5.82 Å². The number of nitrogens with zero attached hydrogens (tertiary/aromatic N) is 4. The summed E-state index contributed by atoms with van der Waals surface area (Å²) in [5.74, 6) is -0.0504. The molecule has 0 radical (unpaired) electrons. The van der Waals surface area contributed by atoms with Gasteiger partial charge in [-0.05, 0) is 29.8 Å². The lowest BCUT2D eigenvalue weighted by molar-refractivity contribution is 0.0940. The second-order valence-electron chi connectivity index (χ2n) is 5.70. The third-order valence-corrected chi connectivity index (χ3v) is 3.90.